The number of nitrogens with one attached hydrogen (secondary N) is 1. The number of nitrogens with zero attached hydrogens (tertiary/aromatic N) is 1. The molecule has 1 aliphatic heterocycles. The van der Waals surface area contributed by atoms with Crippen molar-refractivity contribution in [3.05, 3.63) is 11.1 Å². The van der Waals surface area contributed by atoms with E-state index in [0.717, 1.165) is 37.7 Å². The molecule has 3 aliphatic rings. The fourth-order valence-corrected chi connectivity index (χ4v) is 3.54. The zero-order chi connectivity index (χ0) is 14.3. The van der Waals surface area contributed by atoms with Crippen LogP contribution in [0.15, 0.2) is 11.1 Å². The van der Waals surface area contributed by atoms with Gasteiger partial charge in [0, 0.05) is 17.7 Å². The van der Waals surface area contributed by atoms with E-state index in [1.54, 1.807) is 0 Å². The summed E-state index contributed by atoms with van der Waals surface area (Å²) in [6.45, 7) is 4.13. The molecule has 0 aromatic heterocycles. The Labute approximate surface area is 120 Å². The maximum absolute atomic E-state index is 12.6. The molecule has 3 rings (SSSR count). The summed E-state index contributed by atoms with van der Waals surface area (Å²) in [5, 5.41) is 3.00. The molecule has 2 fully saturated rings. The van der Waals surface area contributed by atoms with E-state index in [2.05, 4.69) is 19.2 Å². The van der Waals surface area contributed by atoms with Crippen LogP contribution < -0.4 is 5.32 Å². The van der Waals surface area contributed by atoms with E-state index in [0.29, 0.717) is 6.04 Å². The molecular weight excluding hydrogens is 252 g/mol. The second-order valence-corrected chi connectivity index (χ2v) is 6.59. The van der Waals surface area contributed by atoms with Crippen LogP contribution in [0.5, 0.6) is 0 Å². The third kappa shape index (κ3) is 2.48. The van der Waals surface area contributed by atoms with Crippen molar-refractivity contribution >= 4 is 11.8 Å². The fourth-order valence-electron chi connectivity index (χ4n) is 3.54. The lowest BCUT2D eigenvalue weighted by Gasteiger charge is -2.33. The summed E-state index contributed by atoms with van der Waals surface area (Å²) in [5.74, 6) is 0.131. The molecular formula is C16H24N2O2. The SMILES string of the molecule is CC(C)N1C(=O)C(CC(=O)NC2CC2)=C2CCCCC21. The smallest absolute Gasteiger partial charge is 0.251 e. The van der Waals surface area contributed by atoms with E-state index in [-0.39, 0.29) is 30.3 Å². The molecule has 4 heteroatoms. The van der Waals surface area contributed by atoms with Crippen molar-refractivity contribution in [3.8, 4) is 0 Å². The minimum atomic E-state index is 0.0262. The lowest BCUT2D eigenvalue weighted by atomic mass is 9.88. The quantitative estimate of drug-likeness (QED) is 0.855. The predicted octanol–water partition coefficient (Wildman–Crippen LogP) is 2.14. The molecule has 1 heterocycles. The molecule has 2 saturated carbocycles. The van der Waals surface area contributed by atoms with E-state index in [9.17, 15) is 9.59 Å². The Balaban J connectivity index is 1.78. The first kappa shape index (κ1) is 13.7. The van der Waals surface area contributed by atoms with Crippen LogP contribution in [-0.4, -0.2) is 34.8 Å². The van der Waals surface area contributed by atoms with Gasteiger partial charge in [-0.25, -0.2) is 0 Å². The molecule has 0 spiro atoms. The summed E-state index contributed by atoms with van der Waals surface area (Å²) in [6, 6.07) is 0.845. The van der Waals surface area contributed by atoms with Crippen LogP contribution in [0, 0.1) is 0 Å². The number of hydrogen-bond acceptors (Lipinski definition) is 2. The Morgan fingerprint density at radius 1 is 1.30 bits per heavy atom. The van der Waals surface area contributed by atoms with Crippen molar-refractivity contribution in [2.75, 3.05) is 0 Å². The van der Waals surface area contributed by atoms with Gasteiger partial charge in [-0.2, -0.15) is 0 Å². The van der Waals surface area contributed by atoms with Crippen LogP contribution in [0.25, 0.3) is 0 Å². The first-order chi connectivity index (χ1) is 9.58. The molecule has 0 saturated heterocycles. The molecule has 2 amide bonds. The maximum atomic E-state index is 12.6. The third-order valence-electron chi connectivity index (χ3n) is 4.63. The predicted molar refractivity (Wildman–Crippen MR) is 77.0 cm³/mol. The summed E-state index contributed by atoms with van der Waals surface area (Å²) in [5.41, 5.74) is 2.04. The van der Waals surface area contributed by atoms with Crippen molar-refractivity contribution in [2.24, 2.45) is 0 Å². The lowest BCUT2D eigenvalue weighted by molar-refractivity contribution is -0.130. The summed E-state index contributed by atoms with van der Waals surface area (Å²) in [4.78, 5) is 26.7. The van der Waals surface area contributed by atoms with Crippen LogP contribution in [-0.2, 0) is 9.59 Å². The van der Waals surface area contributed by atoms with Gasteiger partial charge >= 0.3 is 0 Å². The molecule has 1 N–H and O–H groups in total. The van der Waals surface area contributed by atoms with E-state index < -0.39 is 0 Å². The Morgan fingerprint density at radius 2 is 2.05 bits per heavy atom. The average Bonchev–Trinajstić information content (AvgIpc) is 3.15. The van der Waals surface area contributed by atoms with Gasteiger partial charge in [-0.3, -0.25) is 9.59 Å². The van der Waals surface area contributed by atoms with Gasteiger partial charge in [-0.15, -0.1) is 0 Å². The topological polar surface area (TPSA) is 49.4 Å². The number of carbonyl (C=O) groups is 2. The maximum Gasteiger partial charge on any atom is 0.251 e. The molecule has 110 valence electrons. The summed E-state index contributed by atoms with van der Waals surface area (Å²) in [6.07, 6.45) is 6.85. The molecule has 1 unspecified atom stereocenters. The zero-order valence-corrected chi connectivity index (χ0v) is 12.4. The number of carbonyl (C=O) groups excluding carboxylic acids is 2. The van der Waals surface area contributed by atoms with Gasteiger partial charge in [-0.1, -0.05) is 6.42 Å². The van der Waals surface area contributed by atoms with Crippen molar-refractivity contribution in [2.45, 2.75) is 76.9 Å². The van der Waals surface area contributed by atoms with Gasteiger partial charge in [-0.05, 0) is 51.5 Å². The number of fused-ring (bicyclic) bond motifs is 1. The first-order valence-electron chi connectivity index (χ1n) is 7.92. The average molecular weight is 276 g/mol. The van der Waals surface area contributed by atoms with Gasteiger partial charge in [0.25, 0.3) is 5.91 Å². The van der Waals surface area contributed by atoms with Crippen LogP contribution in [0.1, 0.15) is 58.8 Å². The molecule has 0 radical (unpaired) electrons. The highest BCUT2D eigenvalue weighted by atomic mass is 16.2. The highest BCUT2D eigenvalue weighted by molar-refractivity contribution is 6.02. The van der Waals surface area contributed by atoms with E-state index >= 15 is 0 Å². The first-order valence-corrected chi connectivity index (χ1v) is 7.92. The lowest BCUT2D eigenvalue weighted by Crippen LogP contribution is -2.41. The molecule has 1 atom stereocenters. The number of hydrogen-bond donors (Lipinski definition) is 1. The third-order valence-corrected chi connectivity index (χ3v) is 4.63. The monoisotopic (exact) mass is 276 g/mol. The molecule has 0 aromatic carbocycles. The van der Waals surface area contributed by atoms with Gasteiger partial charge in [0.15, 0.2) is 0 Å². The number of rotatable bonds is 4. The normalized spacial score (nSPS) is 26.2. The largest absolute Gasteiger partial charge is 0.353 e. The standard InChI is InChI=1S/C16H24N2O2/c1-10(2)18-14-6-4-3-5-12(14)13(16(18)20)9-15(19)17-11-7-8-11/h10-11,14H,3-9H2,1-2H3,(H,17,19). The second kappa shape index (κ2) is 5.23. The van der Waals surface area contributed by atoms with Crippen LogP contribution in [0.4, 0.5) is 0 Å². The molecule has 2 aliphatic carbocycles. The van der Waals surface area contributed by atoms with Gasteiger partial charge in [0.2, 0.25) is 5.91 Å². The van der Waals surface area contributed by atoms with E-state index in [4.69, 9.17) is 0 Å². The van der Waals surface area contributed by atoms with E-state index in [1.807, 2.05) is 4.90 Å². The van der Waals surface area contributed by atoms with Crippen molar-refractivity contribution in [1.29, 1.82) is 0 Å². The highest BCUT2D eigenvalue weighted by Crippen LogP contribution is 2.39. The van der Waals surface area contributed by atoms with Gasteiger partial charge in [0.1, 0.15) is 0 Å². The Bertz CT molecular complexity index is 463. The Kier molecular flexibility index (Phi) is 3.57. The van der Waals surface area contributed by atoms with Crippen molar-refractivity contribution < 1.29 is 9.59 Å². The minimum absolute atomic E-state index is 0.0262. The molecule has 20 heavy (non-hydrogen) atoms. The van der Waals surface area contributed by atoms with Gasteiger partial charge < -0.3 is 10.2 Å². The highest BCUT2D eigenvalue weighted by Gasteiger charge is 2.41. The minimum Gasteiger partial charge on any atom is -0.353 e. The van der Waals surface area contributed by atoms with Gasteiger partial charge in [0.05, 0.1) is 12.5 Å². The second-order valence-electron chi connectivity index (χ2n) is 6.59. The van der Waals surface area contributed by atoms with Crippen LogP contribution in [0.3, 0.4) is 0 Å². The Morgan fingerprint density at radius 3 is 2.70 bits per heavy atom. The van der Waals surface area contributed by atoms with Crippen LogP contribution >= 0.6 is 0 Å². The summed E-state index contributed by atoms with van der Waals surface area (Å²) < 4.78 is 0. The summed E-state index contributed by atoms with van der Waals surface area (Å²) in [7, 11) is 0. The fraction of sp³-hybridized carbons (Fsp3) is 0.750. The Hall–Kier alpha value is -1.32. The van der Waals surface area contributed by atoms with Crippen molar-refractivity contribution in [1.82, 2.24) is 10.2 Å². The van der Waals surface area contributed by atoms with Crippen molar-refractivity contribution in [3.63, 3.8) is 0 Å². The molecule has 0 aromatic rings. The van der Waals surface area contributed by atoms with Crippen LogP contribution in [0.2, 0.25) is 0 Å². The molecule has 4 nitrogen and oxygen atoms in total. The van der Waals surface area contributed by atoms with E-state index in [1.165, 1.54) is 12.0 Å². The molecule has 0 bridgehead atoms. The summed E-state index contributed by atoms with van der Waals surface area (Å²) >= 11 is 0. The number of amides is 2. The zero-order valence-electron chi connectivity index (χ0n) is 12.4.